The van der Waals surface area contributed by atoms with Crippen molar-refractivity contribution in [3.05, 3.63) is 42.7 Å². The zero-order valence-electron chi connectivity index (χ0n) is 9.47. The number of hydrogen-bond acceptors (Lipinski definition) is 3. The van der Waals surface area contributed by atoms with E-state index in [0.717, 1.165) is 29.9 Å². The van der Waals surface area contributed by atoms with Crippen molar-refractivity contribution in [2.45, 2.75) is 6.54 Å². The second kappa shape index (κ2) is 6.29. The van der Waals surface area contributed by atoms with Crippen molar-refractivity contribution in [1.29, 1.82) is 0 Å². The van der Waals surface area contributed by atoms with Crippen molar-refractivity contribution in [2.24, 2.45) is 0 Å². The van der Waals surface area contributed by atoms with Crippen LogP contribution < -0.4 is 10.1 Å². The van der Waals surface area contributed by atoms with Gasteiger partial charge < -0.3 is 14.5 Å². The van der Waals surface area contributed by atoms with E-state index in [1.807, 2.05) is 24.3 Å². The molecule has 0 radical (unpaired) electrons. The average Bonchev–Trinajstić information content (AvgIpc) is 2.74. The van der Waals surface area contributed by atoms with Crippen molar-refractivity contribution < 1.29 is 9.15 Å². The smallest absolute Gasteiger partial charge is 0.164 e. The molecule has 0 amide bonds. The molecule has 2 rings (SSSR count). The third-order valence-electron chi connectivity index (χ3n) is 2.32. The molecule has 1 aromatic heterocycles. The van der Waals surface area contributed by atoms with Gasteiger partial charge in [-0.25, -0.2) is 0 Å². The molecule has 3 nitrogen and oxygen atoms in total. The first-order valence-electron chi connectivity index (χ1n) is 5.11. The molecule has 1 N–H and O–H groups in total. The molecule has 0 spiro atoms. The van der Waals surface area contributed by atoms with Gasteiger partial charge in [0, 0.05) is 10.5 Å². The van der Waals surface area contributed by atoms with Crippen LogP contribution >= 0.6 is 54.5 Å². The highest BCUT2D eigenvalue weighted by Gasteiger charge is 2.07. The molecule has 0 atom stereocenters. The minimum Gasteiger partial charge on any atom is -0.495 e. The van der Waals surface area contributed by atoms with Gasteiger partial charge in [0.15, 0.2) is 3.77 Å². The first-order chi connectivity index (χ1) is 8.60. The molecule has 0 unspecified atom stereocenters. The lowest BCUT2D eigenvalue weighted by Crippen LogP contribution is -1.99. The minimum atomic E-state index is 0.631. The number of ether oxygens (including phenoxy) is 1. The maximum Gasteiger partial charge on any atom is 0.164 e. The molecular weight excluding hydrogens is 477 g/mol. The third-order valence-corrected chi connectivity index (χ3v) is 4.18. The lowest BCUT2D eigenvalue weighted by atomic mass is 10.3. The van der Waals surface area contributed by atoms with E-state index in [-0.39, 0.29) is 0 Å². The van der Waals surface area contributed by atoms with E-state index in [1.165, 1.54) is 0 Å². The highest BCUT2D eigenvalue weighted by atomic mass is 127. The van der Waals surface area contributed by atoms with Crippen LogP contribution in [0.4, 0.5) is 5.69 Å². The lowest BCUT2D eigenvalue weighted by Gasteiger charge is -2.11. The Balaban J connectivity index is 2.13. The van der Waals surface area contributed by atoms with E-state index >= 15 is 0 Å². The molecule has 1 aromatic carbocycles. The highest BCUT2D eigenvalue weighted by Crippen LogP contribution is 2.34. The molecule has 0 fully saturated rings. The summed E-state index contributed by atoms with van der Waals surface area (Å²) in [5.74, 6) is 1.68. The quantitative estimate of drug-likeness (QED) is 0.616. The van der Waals surface area contributed by atoms with Crippen LogP contribution in [0.25, 0.3) is 0 Å². The molecule has 96 valence electrons. The van der Waals surface area contributed by atoms with E-state index in [0.29, 0.717) is 6.54 Å². The van der Waals surface area contributed by atoms with Crippen molar-refractivity contribution >= 4 is 60.1 Å². The summed E-state index contributed by atoms with van der Waals surface area (Å²) in [6, 6.07) is 7.78. The number of methoxy groups -OCH3 is 1. The summed E-state index contributed by atoms with van der Waals surface area (Å²) in [6.07, 6.45) is 0. The molecule has 0 aliphatic carbocycles. The molecule has 2 aromatic rings. The van der Waals surface area contributed by atoms with Crippen LogP contribution in [0.5, 0.6) is 5.75 Å². The first kappa shape index (κ1) is 14.2. The van der Waals surface area contributed by atoms with Gasteiger partial charge in [0.05, 0.1) is 23.8 Å². The molecule has 0 bridgehead atoms. The largest absolute Gasteiger partial charge is 0.495 e. The van der Waals surface area contributed by atoms with Gasteiger partial charge in [0.25, 0.3) is 0 Å². The Kier molecular flexibility index (Phi) is 4.97. The van der Waals surface area contributed by atoms with Gasteiger partial charge in [-0.05, 0) is 72.6 Å². The van der Waals surface area contributed by atoms with Crippen molar-refractivity contribution in [3.8, 4) is 5.75 Å². The molecule has 1 heterocycles. The molecule has 0 saturated carbocycles. The summed E-state index contributed by atoms with van der Waals surface area (Å²) in [5, 5.41) is 3.30. The number of benzene rings is 1. The van der Waals surface area contributed by atoms with E-state index in [9.17, 15) is 0 Å². The second-order valence-electron chi connectivity index (χ2n) is 3.53. The van der Waals surface area contributed by atoms with Crippen LogP contribution in [0, 0.1) is 3.77 Å². The molecule has 0 aliphatic rings. The van der Waals surface area contributed by atoms with Gasteiger partial charge in [-0.1, -0.05) is 0 Å². The van der Waals surface area contributed by atoms with E-state index in [4.69, 9.17) is 9.15 Å². The number of furan rings is 1. The fraction of sp³-hybridized carbons (Fsp3) is 0.167. The van der Waals surface area contributed by atoms with Crippen molar-refractivity contribution in [1.82, 2.24) is 0 Å². The monoisotopic (exact) mass is 485 g/mol. The minimum absolute atomic E-state index is 0.631. The Morgan fingerprint density at radius 2 is 2.06 bits per heavy atom. The Bertz CT molecular complexity index is 557. The topological polar surface area (TPSA) is 34.4 Å². The molecule has 0 saturated heterocycles. The summed E-state index contributed by atoms with van der Waals surface area (Å²) in [5.41, 5.74) is 0.960. The molecule has 0 aliphatic heterocycles. The third kappa shape index (κ3) is 3.42. The van der Waals surface area contributed by atoms with Gasteiger partial charge in [0.2, 0.25) is 0 Å². The molecular formula is C12H10Br2INO2. The normalized spacial score (nSPS) is 10.4. The SMILES string of the molecule is COc1cc(NCc2ccc(I)o2)c(Br)cc1Br. The zero-order valence-corrected chi connectivity index (χ0v) is 14.8. The van der Waals surface area contributed by atoms with Crippen molar-refractivity contribution in [3.63, 3.8) is 0 Å². The van der Waals surface area contributed by atoms with Gasteiger partial charge in [0.1, 0.15) is 11.5 Å². The highest BCUT2D eigenvalue weighted by molar-refractivity contribution is 14.1. The maximum atomic E-state index is 5.49. The van der Waals surface area contributed by atoms with Gasteiger partial charge in [-0.15, -0.1) is 0 Å². The number of hydrogen-bond donors (Lipinski definition) is 1. The predicted molar refractivity (Wildman–Crippen MR) is 87.1 cm³/mol. The number of anilines is 1. The summed E-state index contributed by atoms with van der Waals surface area (Å²) in [7, 11) is 1.65. The van der Waals surface area contributed by atoms with E-state index < -0.39 is 0 Å². The van der Waals surface area contributed by atoms with Gasteiger partial charge in [-0.3, -0.25) is 0 Å². The van der Waals surface area contributed by atoms with Crippen LogP contribution in [-0.4, -0.2) is 7.11 Å². The summed E-state index contributed by atoms with van der Waals surface area (Å²) in [6.45, 7) is 0.631. The van der Waals surface area contributed by atoms with Gasteiger partial charge in [-0.2, -0.15) is 0 Å². The van der Waals surface area contributed by atoms with Crippen LogP contribution in [0.3, 0.4) is 0 Å². The van der Waals surface area contributed by atoms with Crippen LogP contribution in [0.2, 0.25) is 0 Å². The van der Waals surface area contributed by atoms with E-state index in [1.54, 1.807) is 7.11 Å². The Labute approximate surface area is 136 Å². The van der Waals surface area contributed by atoms with Crippen LogP contribution in [0.15, 0.2) is 37.6 Å². The van der Waals surface area contributed by atoms with Gasteiger partial charge >= 0.3 is 0 Å². The van der Waals surface area contributed by atoms with Crippen molar-refractivity contribution in [2.75, 3.05) is 12.4 Å². The Morgan fingerprint density at radius 1 is 1.28 bits per heavy atom. The maximum absolute atomic E-state index is 5.49. The Morgan fingerprint density at radius 3 is 2.67 bits per heavy atom. The molecule has 18 heavy (non-hydrogen) atoms. The summed E-state index contributed by atoms with van der Waals surface area (Å²) < 4.78 is 13.5. The standard InChI is InChI=1S/C12H10Br2INO2/c1-17-11-5-10(8(13)4-9(11)14)16-6-7-2-3-12(15)18-7/h2-5,16H,6H2,1H3. The fourth-order valence-corrected chi connectivity index (χ4v) is 3.21. The fourth-order valence-electron chi connectivity index (χ4n) is 1.45. The molecule has 6 heteroatoms. The second-order valence-corrected chi connectivity index (χ2v) is 6.30. The van der Waals surface area contributed by atoms with E-state index in [2.05, 4.69) is 59.8 Å². The van der Waals surface area contributed by atoms with Crippen LogP contribution in [0.1, 0.15) is 5.76 Å². The predicted octanol–water partition coefficient (Wildman–Crippen LogP) is 5.03. The number of rotatable bonds is 4. The summed E-state index contributed by atoms with van der Waals surface area (Å²) in [4.78, 5) is 0. The van der Waals surface area contributed by atoms with Crippen LogP contribution in [-0.2, 0) is 6.54 Å². The first-order valence-corrected chi connectivity index (χ1v) is 7.77. The lowest BCUT2D eigenvalue weighted by molar-refractivity contribution is 0.412. The average molecular weight is 487 g/mol. The number of nitrogens with one attached hydrogen (secondary N) is 1. The summed E-state index contributed by atoms with van der Waals surface area (Å²) >= 11 is 9.10. The Hall–Kier alpha value is -0.210. The zero-order chi connectivity index (χ0) is 13.1. The number of halogens is 3.